The monoisotopic (exact) mass is 404 g/mol. The first-order chi connectivity index (χ1) is 14.4. The number of rotatable bonds is 3. The summed E-state index contributed by atoms with van der Waals surface area (Å²) in [7, 11) is 0. The molecule has 0 saturated carbocycles. The fourth-order valence-corrected chi connectivity index (χ4v) is 3.86. The molecular weight excluding hydrogens is 380 g/mol. The Bertz CT molecular complexity index is 1140. The van der Waals surface area contributed by atoms with E-state index in [1.807, 2.05) is 53.7 Å². The third-order valence-electron chi connectivity index (χ3n) is 5.34. The minimum atomic E-state index is -0.155. The summed E-state index contributed by atoms with van der Waals surface area (Å²) in [6, 6.07) is 9.64. The maximum atomic E-state index is 12.8. The van der Waals surface area contributed by atoms with Gasteiger partial charge in [0.05, 0.1) is 24.3 Å². The van der Waals surface area contributed by atoms with Crippen molar-refractivity contribution in [3.8, 4) is 17.3 Å². The molecule has 7 heteroatoms. The largest absolute Gasteiger partial charge is 0.454 e. The van der Waals surface area contributed by atoms with Crippen molar-refractivity contribution in [2.75, 3.05) is 6.79 Å². The minimum absolute atomic E-state index is 0.0357. The molecule has 4 heterocycles. The molecule has 2 aliphatic rings. The standard InChI is InChI=1S/C23H24N4O3/c1-23(2,3)27-22(25-10-4-5-11-25)17-13-26(14-18(17)24-27)21(28)9-7-16-6-8-19-20(12-16)30-15-29-19/h4-12H,13-15H2,1-3H3. The van der Waals surface area contributed by atoms with Gasteiger partial charge in [0.25, 0.3) is 0 Å². The van der Waals surface area contributed by atoms with Crippen molar-refractivity contribution in [2.24, 2.45) is 0 Å². The number of benzene rings is 1. The molecule has 5 rings (SSSR count). The average molecular weight is 404 g/mol. The molecule has 0 atom stereocenters. The zero-order valence-corrected chi connectivity index (χ0v) is 17.3. The molecule has 154 valence electrons. The molecule has 0 spiro atoms. The number of nitrogens with zero attached hydrogens (tertiary/aromatic N) is 4. The molecule has 3 aromatic rings. The summed E-state index contributed by atoms with van der Waals surface area (Å²) in [4.78, 5) is 14.7. The van der Waals surface area contributed by atoms with Crippen molar-refractivity contribution in [2.45, 2.75) is 39.4 Å². The summed E-state index contributed by atoms with van der Waals surface area (Å²) in [5.41, 5.74) is 2.80. The molecule has 0 unspecified atom stereocenters. The Labute approximate surface area is 175 Å². The molecule has 1 aromatic carbocycles. The predicted molar refractivity (Wildman–Crippen MR) is 112 cm³/mol. The highest BCUT2D eigenvalue weighted by atomic mass is 16.7. The van der Waals surface area contributed by atoms with Crippen LogP contribution in [0.3, 0.4) is 0 Å². The van der Waals surface area contributed by atoms with Gasteiger partial charge in [0, 0.05) is 24.0 Å². The molecule has 2 aliphatic heterocycles. The van der Waals surface area contributed by atoms with Crippen molar-refractivity contribution in [3.63, 3.8) is 0 Å². The van der Waals surface area contributed by atoms with Gasteiger partial charge in [-0.2, -0.15) is 5.10 Å². The van der Waals surface area contributed by atoms with Crippen molar-refractivity contribution in [1.29, 1.82) is 0 Å². The summed E-state index contributed by atoms with van der Waals surface area (Å²) < 4.78 is 14.9. The van der Waals surface area contributed by atoms with E-state index in [1.54, 1.807) is 6.08 Å². The molecule has 0 fully saturated rings. The SMILES string of the molecule is CC(C)(C)n1nc2c(c1-n1cccc1)CN(C(=O)C=Cc1ccc3c(c1)OCO3)C2. The van der Waals surface area contributed by atoms with E-state index >= 15 is 0 Å². The van der Waals surface area contributed by atoms with E-state index in [4.69, 9.17) is 14.6 Å². The molecule has 0 saturated heterocycles. The lowest BCUT2D eigenvalue weighted by molar-refractivity contribution is -0.126. The summed E-state index contributed by atoms with van der Waals surface area (Å²) >= 11 is 0. The van der Waals surface area contributed by atoms with Crippen LogP contribution in [0.2, 0.25) is 0 Å². The van der Waals surface area contributed by atoms with Crippen LogP contribution in [-0.4, -0.2) is 31.9 Å². The van der Waals surface area contributed by atoms with Crippen molar-refractivity contribution in [1.82, 2.24) is 19.2 Å². The quantitative estimate of drug-likeness (QED) is 0.625. The van der Waals surface area contributed by atoms with E-state index < -0.39 is 0 Å². The van der Waals surface area contributed by atoms with Gasteiger partial charge in [-0.25, -0.2) is 4.68 Å². The number of fused-ring (bicyclic) bond motifs is 2. The highest BCUT2D eigenvalue weighted by Gasteiger charge is 2.33. The van der Waals surface area contributed by atoms with Crippen LogP contribution in [0.15, 0.2) is 48.8 Å². The van der Waals surface area contributed by atoms with Crippen LogP contribution < -0.4 is 9.47 Å². The smallest absolute Gasteiger partial charge is 0.247 e. The fraction of sp³-hybridized carbons (Fsp3) is 0.304. The molecule has 2 aromatic heterocycles. The first-order valence-corrected chi connectivity index (χ1v) is 10.0. The summed E-state index contributed by atoms with van der Waals surface area (Å²) in [6.45, 7) is 7.71. The van der Waals surface area contributed by atoms with Gasteiger partial charge in [-0.15, -0.1) is 0 Å². The molecule has 30 heavy (non-hydrogen) atoms. The Morgan fingerprint density at radius 2 is 1.87 bits per heavy atom. The van der Waals surface area contributed by atoms with E-state index in [1.165, 1.54) is 0 Å². The van der Waals surface area contributed by atoms with Crippen LogP contribution in [0.25, 0.3) is 11.9 Å². The van der Waals surface area contributed by atoms with Gasteiger partial charge in [0.1, 0.15) is 5.82 Å². The van der Waals surface area contributed by atoms with Crippen LogP contribution in [0, 0.1) is 0 Å². The second-order valence-electron chi connectivity index (χ2n) is 8.56. The molecule has 0 radical (unpaired) electrons. The highest BCUT2D eigenvalue weighted by molar-refractivity contribution is 5.92. The Balaban J connectivity index is 1.38. The van der Waals surface area contributed by atoms with Crippen LogP contribution in [0.1, 0.15) is 37.6 Å². The number of ether oxygens (including phenoxy) is 2. The minimum Gasteiger partial charge on any atom is -0.454 e. The summed E-state index contributed by atoms with van der Waals surface area (Å²) in [5, 5.41) is 4.86. The zero-order valence-electron chi connectivity index (χ0n) is 17.3. The van der Waals surface area contributed by atoms with Gasteiger partial charge >= 0.3 is 0 Å². The number of amides is 1. The molecule has 7 nitrogen and oxygen atoms in total. The van der Waals surface area contributed by atoms with Crippen LogP contribution in [0.4, 0.5) is 0 Å². The van der Waals surface area contributed by atoms with E-state index in [9.17, 15) is 4.79 Å². The number of carbonyl (C=O) groups is 1. The van der Waals surface area contributed by atoms with Crippen molar-refractivity contribution >= 4 is 12.0 Å². The maximum Gasteiger partial charge on any atom is 0.247 e. The van der Waals surface area contributed by atoms with Crippen molar-refractivity contribution in [3.05, 3.63) is 65.6 Å². The second-order valence-corrected chi connectivity index (χ2v) is 8.56. The Morgan fingerprint density at radius 3 is 2.63 bits per heavy atom. The summed E-state index contributed by atoms with van der Waals surface area (Å²) in [6.07, 6.45) is 7.45. The van der Waals surface area contributed by atoms with Gasteiger partial charge in [0.2, 0.25) is 12.7 Å². The van der Waals surface area contributed by atoms with Gasteiger partial charge in [-0.3, -0.25) is 4.79 Å². The summed E-state index contributed by atoms with van der Waals surface area (Å²) in [5.74, 6) is 2.43. The van der Waals surface area contributed by atoms with E-state index in [-0.39, 0.29) is 18.2 Å². The van der Waals surface area contributed by atoms with Crippen molar-refractivity contribution < 1.29 is 14.3 Å². The Kier molecular flexibility index (Phi) is 4.20. The third kappa shape index (κ3) is 3.16. The van der Waals surface area contributed by atoms with Gasteiger partial charge in [-0.1, -0.05) is 6.07 Å². The van der Waals surface area contributed by atoms with Gasteiger partial charge in [0.15, 0.2) is 11.5 Å². The first-order valence-electron chi connectivity index (χ1n) is 10.0. The molecule has 1 amide bonds. The predicted octanol–water partition coefficient (Wildman–Crippen LogP) is 3.71. The fourth-order valence-electron chi connectivity index (χ4n) is 3.86. The molecular formula is C23H24N4O3. The first kappa shape index (κ1) is 18.5. The Morgan fingerprint density at radius 1 is 1.10 bits per heavy atom. The number of hydrogen-bond acceptors (Lipinski definition) is 4. The number of aromatic nitrogens is 3. The molecule has 0 bridgehead atoms. The normalized spacial score (nSPS) is 15.2. The number of carbonyl (C=O) groups excluding carboxylic acids is 1. The third-order valence-corrected chi connectivity index (χ3v) is 5.34. The lowest BCUT2D eigenvalue weighted by Crippen LogP contribution is -2.29. The van der Waals surface area contributed by atoms with Gasteiger partial charge < -0.3 is 18.9 Å². The average Bonchev–Trinajstić information content (AvgIpc) is 3.47. The lowest BCUT2D eigenvalue weighted by atomic mass is 10.1. The van der Waals surface area contributed by atoms with Crippen LogP contribution in [0.5, 0.6) is 11.5 Å². The van der Waals surface area contributed by atoms with E-state index in [0.29, 0.717) is 18.8 Å². The Hall–Kier alpha value is -3.48. The van der Waals surface area contributed by atoms with Crippen LogP contribution >= 0.6 is 0 Å². The van der Waals surface area contributed by atoms with E-state index in [0.717, 1.165) is 28.4 Å². The second kappa shape index (κ2) is 6.79. The zero-order chi connectivity index (χ0) is 20.9. The van der Waals surface area contributed by atoms with Gasteiger partial charge in [-0.05, 0) is 56.7 Å². The molecule has 0 N–H and O–H groups in total. The topological polar surface area (TPSA) is 61.5 Å². The maximum absolute atomic E-state index is 12.8. The van der Waals surface area contributed by atoms with E-state index in [2.05, 4.69) is 30.0 Å². The molecule has 0 aliphatic carbocycles. The van der Waals surface area contributed by atoms with Crippen LogP contribution in [-0.2, 0) is 23.4 Å². The lowest BCUT2D eigenvalue weighted by Gasteiger charge is -2.24. The number of hydrogen-bond donors (Lipinski definition) is 0. The highest BCUT2D eigenvalue weighted by Crippen LogP contribution is 2.34.